The number of aryl methyl sites for hydroxylation is 1. The summed E-state index contributed by atoms with van der Waals surface area (Å²) in [5.74, 6) is 0.777. The topological polar surface area (TPSA) is 65.1 Å². The second-order valence-electron chi connectivity index (χ2n) is 7.29. The van der Waals surface area contributed by atoms with Gasteiger partial charge in [0.2, 0.25) is 5.95 Å². The van der Waals surface area contributed by atoms with E-state index in [-0.39, 0.29) is 17.3 Å². The van der Waals surface area contributed by atoms with Crippen molar-refractivity contribution in [3.63, 3.8) is 0 Å². The van der Waals surface area contributed by atoms with E-state index in [1.54, 1.807) is 7.05 Å². The van der Waals surface area contributed by atoms with E-state index >= 15 is 0 Å². The van der Waals surface area contributed by atoms with E-state index in [4.69, 9.17) is 4.98 Å². The van der Waals surface area contributed by atoms with Gasteiger partial charge in [-0.25, -0.2) is 4.79 Å². The van der Waals surface area contributed by atoms with E-state index < -0.39 is 0 Å². The first-order valence-corrected chi connectivity index (χ1v) is 9.48. The first-order chi connectivity index (χ1) is 13.0. The summed E-state index contributed by atoms with van der Waals surface area (Å²) in [7, 11) is 3.20. The molecule has 0 N–H and O–H groups in total. The van der Waals surface area contributed by atoms with Crippen LogP contribution in [0.3, 0.4) is 0 Å². The van der Waals surface area contributed by atoms with Crippen LogP contribution in [-0.2, 0) is 14.1 Å². The molecule has 1 aliphatic heterocycles. The molecule has 1 aliphatic rings. The summed E-state index contributed by atoms with van der Waals surface area (Å²) in [5.41, 5.74) is 1.38. The molecule has 0 radical (unpaired) electrons. The number of benzene rings is 1. The standard InChI is InChI=1S/C20H25N5O2/c1-14(15-10-6-4-7-11-15)25-16-17(22(2)20(27)23(3)18(16)26)21-19(25)24-12-8-5-9-13-24/h4,6-7,10-11,14H,5,8-9,12-13H2,1-3H3/t14-/m0/s1. The number of anilines is 1. The van der Waals surface area contributed by atoms with Crippen LogP contribution in [0.15, 0.2) is 39.9 Å². The summed E-state index contributed by atoms with van der Waals surface area (Å²) >= 11 is 0. The van der Waals surface area contributed by atoms with Gasteiger partial charge in [0.25, 0.3) is 5.56 Å². The lowest BCUT2D eigenvalue weighted by molar-refractivity contribution is 0.547. The summed E-state index contributed by atoms with van der Waals surface area (Å²) in [6.07, 6.45) is 3.44. The Bertz CT molecular complexity index is 1090. The van der Waals surface area contributed by atoms with Gasteiger partial charge in [0, 0.05) is 27.2 Å². The van der Waals surface area contributed by atoms with Crippen molar-refractivity contribution in [3.8, 4) is 0 Å². The van der Waals surface area contributed by atoms with Gasteiger partial charge in [-0.3, -0.25) is 18.5 Å². The average Bonchev–Trinajstić information content (AvgIpc) is 3.12. The molecule has 0 unspecified atom stereocenters. The van der Waals surface area contributed by atoms with Gasteiger partial charge in [-0.1, -0.05) is 30.3 Å². The fourth-order valence-corrected chi connectivity index (χ4v) is 3.97. The highest BCUT2D eigenvalue weighted by atomic mass is 16.2. The molecule has 0 saturated carbocycles. The molecule has 0 spiro atoms. The van der Waals surface area contributed by atoms with Crippen molar-refractivity contribution < 1.29 is 0 Å². The molecule has 27 heavy (non-hydrogen) atoms. The minimum atomic E-state index is -0.352. The lowest BCUT2D eigenvalue weighted by atomic mass is 10.1. The number of hydrogen-bond acceptors (Lipinski definition) is 4. The Morgan fingerprint density at radius 2 is 1.63 bits per heavy atom. The van der Waals surface area contributed by atoms with Gasteiger partial charge in [0.1, 0.15) is 0 Å². The minimum absolute atomic E-state index is 0.0710. The molecule has 2 aromatic heterocycles. The molecule has 1 saturated heterocycles. The Labute approximate surface area is 157 Å². The van der Waals surface area contributed by atoms with Crippen LogP contribution in [0.25, 0.3) is 11.2 Å². The Balaban J connectivity index is 2.04. The molecule has 1 aromatic carbocycles. The minimum Gasteiger partial charge on any atom is -0.342 e. The van der Waals surface area contributed by atoms with Crippen molar-refractivity contribution in [1.29, 1.82) is 0 Å². The molecule has 7 heteroatoms. The summed E-state index contributed by atoms with van der Waals surface area (Å²) in [4.78, 5) is 32.5. The van der Waals surface area contributed by atoms with Crippen LogP contribution in [-0.4, -0.2) is 31.8 Å². The average molecular weight is 367 g/mol. The van der Waals surface area contributed by atoms with Gasteiger partial charge in [-0.15, -0.1) is 0 Å². The highest BCUT2D eigenvalue weighted by Gasteiger charge is 2.26. The Morgan fingerprint density at radius 3 is 2.30 bits per heavy atom. The molecular weight excluding hydrogens is 342 g/mol. The summed E-state index contributed by atoms with van der Waals surface area (Å²) in [6, 6.07) is 10.0. The molecule has 1 fully saturated rings. The molecule has 4 rings (SSSR count). The monoisotopic (exact) mass is 367 g/mol. The Morgan fingerprint density at radius 1 is 0.963 bits per heavy atom. The van der Waals surface area contributed by atoms with Crippen LogP contribution in [0.2, 0.25) is 0 Å². The zero-order chi connectivity index (χ0) is 19.1. The molecule has 0 amide bonds. The SMILES string of the molecule is C[C@@H](c1ccccc1)n1c(N2CCCCC2)nc2c1c(=O)n(C)c(=O)n2C. The highest BCUT2D eigenvalue weighted by molar-refractivity contribution is 5.75. The summed E-state index contributed by atoms with van der Waals surface area (Å²) < 4.78 is 4.65. The van der Waals surface area contributed by atoms with E-state index in [2.05, 4.69) is 24.0 Å². The fourth-order valence-electron chi connectivity index (χ4n) is 3.97. The molecule has 0 bridgehead atoms. The number of rotatable bonds is 3. The van der Waals surface area contributed by atoms with Gasteiger partial charge in [-0.05, 0) is 31.7 Å². The van der Waals surface area contributed by atoms with Crippen molar-refractivity contribution in [2.24, 2.45) is 14.1 Å². The normalized spacial score (nSPS) is 16.0. The third kappa shape index (κ3) is 2.78. The lowest BCUT2D eigenvalue weighted by Crippen LogP contribution is -2.38. The van der Waals surface area contributed by atoms with Crippen molar-refractivity contribution in [1.82, 2.24) is 18.7 Å². The zero-order valence-electron chi connectivity index (χ0n) is 16.1. The molecule has 3 aromatic rings. The maximum absolute atomic E-state index is 13.0. The quantitative estimate of drug-likeness (QED) is 0.711. The number of nitrogens with zero attached hydrogens (tertiary/aromatic N) is 5. The first kappa shape index (κ1) is 17.6. The number of piperidine rings is 1. The second-order valence-corrected chi connectivity index (χ2v) is 7.29. The second kappa shape index (κ2) is 6.72. The Hall–Kier alpha value is -2.83. The van der Waals surface area contributed by atoms with Crippen molar-refractivity contribution >= 4 is 17.1 Å². The first-order valence-electron chi connectivity index (χ1n) is 9.48. The maximum Gasteiger partial charge on any atom is 0.332 e. The van der Waals surface area contributed by atoms with Crippen molar-refractivity contribution in [2.45, 2.75) is 32.2 Å². The van der Waals surface area contributed by atoms with E-state index in [0.29, 0.717) is 11.2 Å². The van der Waals surface area contributed by atoms with E-state index in [1.807, 2.05) is 22.8 Å². The maximum atomic E-state index is 13.0. The van der Waals surface area contributed by atoms with Gasteiger partial charge in [0.15, 0.2) is 11.2 Å². The van der Waals surface area contributed by atoms with Crippen molar-refractivity contribution in [3.05, 3.63) is 56.7 Å². The third-order valence-electron chi connectivity index (χ3n) is 5.58. The van der Waals surface area contributed by atoms with Gasteiger partial charge < -0.3 is 4.90 Å². The summed E-state index contributed by atoms with van der Waals surface area (Å²) in [5, 5.41) is 0. The van der Waals surface area contributed by atoms with E-state index in [9.17, 15) is 9.59 Å². The van der Waals surface area contributed by atoms with Gasteiger partial charge in [-0.2, -0.15) is 4.98 Å². The molecular formula is C20H25N5O2. The molecule has 0 aliphatic carbocycles. The van der Waals surface area contributed by atoms with Gasteiger partial charge >= 0.3 is 5.69 Å². The predicted octanol–water partition coefficient (Wildman–Crippen LogP) is 2.03. The molecule has 1 atom stereocenters. The van der Waals surface area contributed by atoms with E-state index in [0.717, 1.165) is 42.0 Å². The smallest absolute Gasteiger partial charge is 0.332 e. The molecule has 7 nitrogen and oxygen atoms in total. The lowest BCUT2D eigenvalue weighted by Gasteiger charge is -2.30. The van der Waals surface area contributed by atoms with Crippen LogP contribution in [0.4, 0.5) is 5.95 Å². The van der Waals surface area contributed by atoms with Crippen LogP contribution in [0, 0.1) is 0 Å². The number of hydrogen-bond donors (Lipinski definition) is 0. The van der Waals surface area contributed by atoms with Crippen LogP contribution in [0.5, 0.6) is 0 Å². The number of aromatic nitrogens is 4. The summed E-state index contributed by atoms with van der Waals surface area (Å²) in [6.45, 7) is 3.91. The van der Waals surface area contributed by atoms with Crippen LogP contribution < -0.4 is 16.1 Å². The highest BCUT2D eigenvalue weighted by Crippen LogP contribution is 2.30. The zero-order valence-corrected chi connectivity index (χ0v) is 16.1. The number of fused-ring (bicyclic) bond motifs is 1. The number of imidazole rings is 1. The van der Waals surface area contributed by atoms with Crippen LogP contribution in [0.1, 0.15) is 37.8 Å². The van der Waals surface area contributed by atoms with Crippen LogP contribution >= 0.6 is 0 Å². The molecule has 142 valence electrons. The van der Waals surface area contributed by atoms with E-state index in [1.165, 1.54) is 18.0 Å². The largest absolute Gasteiger partial charge is 0.342 e. The van der Waals surface area contributed by atoms with Crippen molar-refractivity contribution in [2.75, 3.05) is 18.0 Å². The molecule has 3 heterocycles. The van der Waals surface area contributed by atoms with Gasteiger partial charge in [0.05, 0.1) is 6.04 Å². The fraction of sp³-hybridized carbons (Fsp3) is 0.450. The predicted molar refractivity (Wildman–Crippen MR) is 107 cm³/mol. The Kier molecular flexibility index (Phi) is 4.37. The third-order valence-corrected chi connectivity index (χ3v) is 5.58.